The summed E-state index contributed by atoms with van der Waals surface area (Å²) in [5.41, 5.74) is 3.22. The summed E-state index contributed by atoms with van der Waals surface area (Å²) in [4.78, 5) is 17.5. The van der Waals surface area contributed by atoms with E-state index in [2.05, 4.69) is 46.3 Å². The zero-order valence-electron chi connectivity index (χ0n) is 19.2. The minimum absolute atomic E-state index is 0.0462. The molecule has 1 N–H and O–H groups in total. The number of benzene rings is 2. The molecule has 5 heteroatoms. The van der Waals surface area contributed by atoms with E-state index in [0.29, 0.717) is 13.1 Å². The lowest BCUT2D eigenvalue weighted by atomic mass is 9.95. The van der Waals surface area contributed by atoms with Gasteiger partial charge in [0, 0.05) is 37.7 Å². The van der Waals surface area contributed by atoms with Crippen LogP contribution < -0.4 is 5.32 Å². The molecule has 2 saturated heterocycles. The van der Waals surface area contributed by atoms with E-state index in [-0.39, 0.29) is 17.6 Å². The zero-order valence-corrected chi connectivity index (χ0v) is 19.2. The molecule has 2 aromatic rings. The van der Waals surface area contributed by atoms with Crippen molar-refractivity contribution in [2.24, 2.45) is 11.8 Å². The van der Waals surface area contributed by atoms with E-state index in [1.807, 2.05) is 12.1 Å². The zero-order chi connectivity index (χ0) is 22.3. The van der Waals surface area contributed by atoms with Crippen LogP contribution in [0.15, 0.2) is 48.5 Å². The number of hydrogen-bond acceptors (Lipinski definition) is 3. The largest absolute Gasteiger partial charge is 0.352 e. The first-order valence-electron chi connectivity index (χ1n) is 12.1. The first-order chi connectivity index (χ1) is 15.6. The molecule has 0 radical (unpaired) electrons. The molecule has 0 spiro atoms. The number of piperidine rings is 2. The normalized spacial score (nSPS) is 20.9. The van der Waals surface area contributed by atoms with E-state index in [1.54, 1.807) is 6.07 Å². The van der Waals surface area contributed by atoms with Crippen LogP contribution in [-0.4, -0.2) is 41.9 Å². The van der Waals surface area contributed by atoms with Crippen LogP contribution in [0.3, 0.4) is 0 Å². The molecule has 4 rings (SSSR count). The smallest absolute Gasteiger partial charge is 0.223 e. The molecule has 1 amide bonds. The van der Waals surface area contributed by atoms with Gasteiger partial charge in [0.1, 0.15) is 5.82 Å². The Kier molecular flexibility index (Phi) is 7.93. The molecule has 4 nitrogen and oxygen atoms in total. The van der Waals surface area contributed by atoms with Crippen molar-refractivity contribution in [2.75, 3.05) is 26.2 Å². The maximum atomic E-state index is 13.9. The first-order valence-corrected chi connectivity index (χ1v) is 12.1. The Morgan fingerprint density at radius 3 is 2.53 bits per heavy atom. The molecule has 32 heavy (non-hydrogen) atoms. The fraction of sp³-hybridized carbons (Fsp3) is 0.519. The van der Waals surface area contributed by atoms with Gasteiger partial charge in [-0.3, -0.25) is 14.6 Å². The Hall–Kier alpha value is -2.24. The predicted molar refractivity (Wildman–Crippen MR) is 126 cm³/mol. The van der Waals surface area contributed by atoms with Crippen LogP contribution in [0, 0.1) is 17.7 Å². The molecule has 1 unspecified atom stereocenters. The van der Waals surface area contributed by atoms with Gasteiger partial charge in [-0.2, -0.15) is 0 Å². The third kappa shape index (κ3) is 6.39. The molecule has 2 aromatic carbocycles. The minimum atomic E-state index is -0.149. The number of carbonyl (C=O) groups is 1. The van der Waals surface area contributed by atoms with Crippen LogP contribution in [0.1, 0.15) is 49.3 Å². The maximum absolute atomic E-state index is 13.9. The summed E-state index contributed by atoms with van der Waals surface area (Å²) in [5, 5.41) is 3.15. The van der Waals surface area contributed by atoms with Gasteiger partial charge in [-0.15, -0.1) is 0 Å². The minimum Gasteiger partial charge on any atom is -0.352 e. The van der Waals surface area contributed by atoms with Crippen molar-refractivity contribution in [3.05, 3.63) is 71.0 Å². The molecule has 2 heterocycles. The van der Waals surface area contributed by atoms with Crippen molar-refractivity contribution in [1.82, 2.24) is 15.1 Å². The van der Waals surface area contributed by atoms with E-state index in [0.717, 1.165) is 49.5 Å². The van der Waals surface area contributed by atoms with Crippen LogP contribution in [0.2, 0.25) is 0 Å². The number of nitrogens with one attached hydrogen (secondary N) is 1. The fourth-order valence-corrected chi connectivity index (χ4v) is 5.08. The summed E-state index contributed by atoms with van der Waals surface area (Å²) in [7, 11) is 0. The predicted octanol–water partition coefficient (Wildman–Crippen LogP) is 4.59. The number of likely N-dealkylation sites (tertiary alicyclic amines) is 2. The molecule has 0 bridgehead atoms. The van der Waals surface area contributed by atoms with Crippen LogP contribution in [0.5, 0.6) is 0 Å². The number of amides is 1. The average Bonchev–Trinajstić information content (AvgIpc) is 2.80. The molecule has 2 aliphatic heterocycles. The van der Waals surface area contributed by atoms with E-state index in [9.17, 15) is 9.18 Å². The number of rotatable bonds is 7. The summed E-state index contributed by atoms with van der Waals surface area (Å²) in [5.74, 6) is 0.824. The van der Waals surface area contributed by atoms with E-state index in [4.69, 9.17) is 0 Å². The number of hydrogen-bond donors (Lipinski definition) is 1. The van der Waals surface area contributed by atoms with Crippen molar-refractivity contribution in [3.63, 3.8) is 0 Å². The lowest BCUT2D eigenvalue weighted by Crippen LogP contribution is -2.40. The molecular formula is C27H36FN3O. The van der Waals surface area contributed by atoms with Gasteiger partial charge in [0.15, 0.2) is 0 Å². The van der Waals surface area contributed by atoms with Gasteiger partial charge in [0.05, 0.1) is 0 Å². The van der Waals surface area contributed by atoms with E-state index >= 15 is 0 Å². The van der Waals surface area contributed by atoms with Gasteiger partial charge in [0.2, 0.25) is 5.91 Å². The number of nitrogens with zero attached hydrogens (tertiary/aromatic N) is 2. The van der Waals surface area contributed by atoms with E-state index < -0.39 is 0 Å². The molecule has 1 atom stereocenters. The lowest BCUT2D eigenvalue weighted by Gasteiger charge is -2.31. The van der Waals surface area contributed by atoms with Gasteiger partial charge in [-0.05, 0) is 68.4 Å². The molecule has 2 aliphatic rings. The Bertz CT molecular complexity index is 894. The average molecular weight is 438 g/mol. The van der Waals surface area contributed by atoms with Gasteiger partial charge in [-0.1, -0.05) is 49.4 Å². The van der Waals surface area contributed by atoms with Gasteiger partial charge < -0.3 is 5.32 Å². The van der Waals surface area contributed by atoms with Crippen molar-refractivity contribution < 1.29 is 9.18 Å². The molecule has 0 saturated carbocycles. The summed E-state index contributed by atoms with van der Waals surface area (Å²) in [6.45, 7) is 8.54. The summed E-state index contributed by atoms with van der Waals surface area (Å²) < 4.78 is 13.9. The highest BCUT2D eigenvalue weighted by atomic mass is 19.1. The molecule has 0 aliphatic carbocycles. The molecule has 172 valence electrons. The lowest BCUT2D eigenvalue weighted by molar-refractivity contribution is -0.126. The first kappa shape index (κ1) is 22.9. The second-order valence-electron chi connectivity index (χ2n) is 9.66. The molecule has 0 aromatic heterocycles. The Labute approximate surface area is 191 Å². The summed E-state index contributed by atoms with van der Waals surface area (Å²) in [6.07, 6.45) is 4.28. The van der Waals surface area contributed by atoms with Gasteiger partial charge in [0.25, 0.3) is 0 Å². The van der Waals surface area contributed by atoms with E-state index in [1.165, 1.54) is 37.6 Å². The van der Waals surface area contributed by atoms with Crippen LogP contribution >= 0.6 is 0 Å². The summed E-state index contributed by atoms with van der Waals surface area (Å²) >= 11 is 0. The highest BCUT2D eigenvalue weighted by molar-refractivity contribution is 5.78. The van der Waals surface area contributed by atoms with Crippen molar-refractivity contribution in [1.29, 1.82) is 0 Å². The highest BCUT2D eigenvalue weighted by Crippen LogP contribution is 2.21. The second kappa shape index (κ2) is 11.1. The molecular weight excluding hydrogens is 401 g/mol. The quantitative estimate of drug-likeness (QED) is 0.688. The Morgan fingerprint density at radius 1 is 0.969 bits per heavy atom. The number of carbonyl (C=O) groups excluding carboxylic acids is 1. The monoisotopic (exact) mass is 437 g/mol. The van der Waals surface area contributed by atoms with Crippen molar-refractivity contribution in [2.45, 2.75) is 52.2 Å². The third-order valence-electron chi connectivity index (χ3n) is 6.92. The molecule has 2 fully saturated rings. The van der Waals surface area contributed by atoms with Crippen LogP contribution in [-0.2, 0) is 24.4 Å². The Balaban J connectivity index is 1.22. The van der Waals surface area contributed by atoms with Gasteiger partial charge in [-0.25, -0.2) is 4.39 Å². The standard InChI is InChI=1S/C27H36FN3O/c1-21-6-5-13-31(18-21)19-23-8-4-7-22(16-23)17-29-27(32)24-11-14-30(15-12-24)20-25-9-2-3-10-26(25)28/h2-4,7-10,16,21,24H,5-6,11-15,17-20H2,1H3,(H,29,32). The van der Waals surface area contributed by atoms with Crippen LogP contribution in [0.4, 0.5) is 4.39 Å². The highest BCUT2D eigenvalue weighted by Gasteiger charge is 2.25. The third-order valence-corrected chi connectivity index (χ3v) is 6.92. The second-order valence-corrected chi connectivity index (χ2v) is 9.66. The van der Waals surface area contributed by atoms with Crippen molar-refractivity contribution >= 4 is 5.91 Å². The van der Waals surface area contributed by atoms with Gasteiger partial charge >= 0.3 is 0 Å². The van der Waals surface area contributed by atoms with Crippen LogP contribution in [0.25, 0.3) is 0 Å². The van der Waals surface area contributed by atoms with Crippen molar-refractivity contribution in [3.8, 4) is 0 Å². The topological polar surface area (TPSA) is 35.6 Å². The Morgan fingerprint density at radius 2 is 1.75 bits per heavy atom. The SMILES string of the molecule is CC1CCCN(Cc2cccc(CNC(=O)C3CCN(Cc4ccccc4F)CC3)c2)C1. The summed E-state index contributed by atoms with van der Waals surface area (Å²) in [6, 6.07) is 15.6. The fourth-order valence-electron chi connectivity index (χ4n) is 5.08. The number of halogens is 1. The maximum Gasteiger partial charge on any atom is 0.223 e.